The maximum atomic E-state index is 3.47. The zero-order valence-electron chi connectivity index (χ0n) is 14.2. The molecule has 0 aromatic rings. The van der Waals surface area contributed by atoms with Crippen LogP contribution in [0.15, 0.2) is 0 Å². The Kier molecular flexibility index (Phi) is 12.9. The fraction of sp³-hybridized carbons (Fsp3) is 1.00. The molecule has 0 aliphatic rings. The second-order valence-electron chi connectivity index (χ2n) is 6.88. The Morgan fingerprint density at radius 3 is 1.63 bits per heavy atom. The summed E-state index contributed by atoms with van der Waals surface area (Å²) in [6.07, 6.45) is 15.8. The third kappa shape index (κ3) is 14.2. The van der Waals surface area contributed by atoms with Crippen LogP contribution >= 0.6 is 0 Å². The van der Waals surface area contributed by atoms with Crippen LogP contribution in [0.25, 0.3) is 0 Å². The second-order valence-corrected chi connectivity index (χ2v) is 6.88. The predicted molar refractivity (Wildman–Crippen MR) is 88.8 cm³/mol. The van der Waals surface area contributed by atoms with Gasteiger partial charge in [-0.2, -0.15) is 0 Å². The highest BCUT2D eigenvalue weighted by Crippen LogP contribution is 2.23. The molecule has 1 nitrogen and oxygen atoms in total. The van der Waals surface area contributed by atoms with Gasteiger partial charge >= 0.3 is 0 Å². The molecule has 0 fully saturated rings. The molecule has 0 amide bonds. The van der Waals surface area contributed by atoms with Crippen LogP contribution in [0.5, 0.6) is 0 Å². The first-order valence-corrected chi connectivity index (χ1v) is 8.83. The van der Waals surface area contributed by atoms with Crippen LogP contribution in [0.2, 0.25) is 0 Å². The lowest BCUT2D eigenvalue weighted by atomic mass is 9.86. The Hall–Kier alpha value is -0.0400. The zero-order chi connectivity index (χ0) is 14.4. The van der Waals surface area contributed by atoms with Crippen LogP contribution in [0.3, 0.4) is 0 Å². The molecule has 116 valence electrons. The van der Waals surface area contributed by atoms with E-state index in [1.54, 1.807) is 0 Å². The fourth-order valence-electron chi connectivity index (χ4n) is 2.64. The minimum Gasteiger partial charge on any atom is -0.316 e. The van der Waals surface area contributed by atoms with Crippen molar-refractivity contribution in [3.05, 3.63) is 0 Å². The van der Waals surface area contributed by atoms with E-state index in [0.29, 0.717) is 5.41 Å². The molecular formula is C18H39N. The van der Waals surface area contributed by atoms with Gasteiger partial charge in [0.25, 0.3) is 0 Å². The molecule has 0 unspecified atom stereocenters. The number of nitrogens with one attached hydrogen (secondary N) is 1. The molecule has 0 radical (unpaired) electrons. The lowest BCUT2D eigenvalue weighted by Gasteiger charge is -2.24. The Labute approximate surface area is 122 Å². The second kappa shape index (κ2) is 13.0. The van der Waals surface area contributed by atoms with E-state index in [4.69, 9.17) is 0 Å². The molecule has 0 saturated heterocycles. The minimum atomic E-state index is 0.482. The Morgan fingerprint density at radius 1 is 0.684 bits per heavy atom. The summed E-state index contributed by atoms with van der Waals surface area (Å²) in [7, 11) is 0. The summed E-state index contributed by atoms with van der Waals surface area (Å²) in [4.78, 5) is 0. The van der Waals surface area contributed by atoms with Crippen molar-refractivity contribution in [2.75, 3.05) is 13.1 Å². The van der Waals surface area contributed by atoms with Gasteiger partial charge in [-0.05, 0) is 18.4 Å². The van der Waals surface area contributed by atoms with Crippen molar-refractivity contribution in [3.8, 4) is 0 Å². The lowest BCUT2D eigenvalue weighted by Crippen LogP contribution is -2.29. The van der Waals surface area contributed by atoms with Crippen LogP contribution < -0.4 is 5.32 Å². The molecule has 0 aromatic heterocycles. The van der Waals surface area contributed by atoms with Crippen molar-refractivity contribution < 1.29 is 0 Å². The summed E-state index contributed by atoms with van der Waals surface area (Å²) in [5, 5.41) is 3.47. The van der Waals surface area contributed by atoms with E-state index < -0.39 is 0 Å². The van der Waals surface area contributed by atoms with E-state index in [2.05, 4.69) is 33.0 Å². The third-order valence-corrected chi connectivity index (χ3v) is 4.06. The molecule has 0 aliphatic heterocycles. The molecule has 19 heavy (non-hydrogen) atoms. The number of rotatable bonds is 14. The van der Waals surface area contributed by atoms with Gasteiger partial charge in [-0.25, -0.2) is 0 Å². The predicted octanol–water partition coefficient (Wildman–Crippen LogP) is 5.93. The smallest absolute Gasteiger partial charge is 0.000240 e. The summed E-state index contributed by atoms with van der Waals surface area (Å²) in [5.41, 5.74) is 0.482. The van der Waals surface area contributed by atoms with Crippen LogP contribution in [0, 0.1) is 5.41 Å². The molecule has 0 saturated carbocycles. The molecule has 0 rings (SSSR count). The van der Waals surface area contributed by atoms with Gasteiger partial charge in [0.1, 0.15) is 0 Å². The molecule has 1 N–H and O–H groups in total. The molecule has 0 bridgehead atoms. The van der Waals surface area contributed by atoms with E-state index in [0.717, 1.165) is 6.54 Å². The lowest BCUT2D eigenvalue weighted by molar-refractivity contribution is 0.303. The first kappa shape index (κ1) is 19.0. The van der Waals surface area contributed by atoms with Gasteiger partial charge in [-0.15, -0.1) is 0 Å². The van der Waals surface area contributed by atoms with Crippen LogP contribution in [0.4, 0.5) is 0 Å². The molecule has 0 aromatic carbocycles. The summed E-state index contributed by atoms with van der Waals surface area (Å²) >= 11 is 0. The monoisotopic (exact) mass is 269 g/mol. The summed E-state index contributed by atoms with van der Waals surface area (Å²) in [6.45, 7) is 11.5. The topological polar surface area (TPSA) is 12.0 Å². The zero-order valence-corrected chi connectivity index (χ0v) is 14.2. The van der Waals surface area contributed by atoms with E-state index in [9.17, 15) is 0 Å². The number of hydrogen-bond donors (Lipinski definition) is 1. The van der Waals surface area contributed by atoms with Gasteiger partial charge in [0.15, 0.2) is 0 Å². The molecule has 0 spiro atoms. The van der Waals surface area contributed by atoms with E-state index in [1.807, 2.05) is 0 Å². The van der Waals surface area contributed by atoms with Gasteiger partial charge in [0.2, 0.25) is 0 Å². The highest BCUT2D eigenvalue weighted by molar-refractivity contribution is 4.71. The van der Waals surface area contributed by atoms with Crippen molar-refractivity contribution in [3.63, 3.8) is 0 Å². The Bertz CT molecular complexity index is 175. The van der Waals surface area contributed by atoms with E-state index >= 15 is 0 Å². The van der Waals surface area contributed by atoms with Gasteiger partial charge < -0.3 is 5.32 Å². The summed E-state index contributed by atoms with van der Waals surface area (Å²) in [6, 6.07) is 0. The van der Waals surface area contributed by atoms with Gasteiger partial charge in [0, 0.05) is 6.54 Å². The number of unbranched alkanes of at least 4 members (excludes halogenated alkanes) is 9. The first-order chi connectivity index (χ1) is 9.12. The van der Waals surface area contributed by atoms with Gasteiger partial charge in [0.05, 0.1) is 0 Å². The number of hydrogen-bond acceptors (Lipinski definition) is 1. The van der Waals surface area contributed by atoms with E-state index in [1.165, 1.54) is 77.2 Å². The van der Waals surface area contributed by atoms with E-state index in [-0.39, 0.29) is 0 Å². The average Bonchev–Trinajstić information content (AvgIpc) is 2.38. The minimum absolute atomic E-state index is 0.482. The fourth-order valence-corrected chi connectivity index (χ4v) is 2.64. The van der Waals surface area contributed by atoms with Crippen molar-refractivity contribution in [1.29, 1.82) is 0 Å². The third-order valence-electron chi connectivity index (χ3n) is 4.06. The van der Waals surface area contributed by atoms with Crippen molar-refractivity contribution >= 4 is 0 Å². The van der Waals surface area contributed by atoms with Crippen molar-refractivity contribution in [1.82, 2.24) is 5.32 Å². The summed E-state index contributed by atoms with van der Waals surface area (Å²) in [5.74, 6) is 0. The first-order valence-electron chi connectivity index (χ1n) is 8.83. The molecular weight excluding hydrogens is 230 g/mol. The molecule has 0 atom stereocenters. The van der Waals surface area contributed by atoms with Crippen LogP contribution in [-0.2, 0) is 0 Å². The van der Waals surface area contributed by atoms with Crippen LogP contribution in [-0.4, -0.2) is 13.1 Å². The molecule has 0 heterocycles. The maximum Gasteiger partial charge on any atom is 0.000240 e. The summed E-state index contributed by atoms with van der Waals surface area (Å²) < 4.78 is 0. The Balaban J connectivity index is 3.21. The average molecular weight is 270 g/mol. The molecule has 1 heteroatoms. The van der Waals surface area contributed by atoms with Crippen molar-refractivity contribution in [2.45, 2.75) is 98.3 Å². The normalized spacial score (nSPS) is 12.0. The highest BCUT2D eigenvalue weighted by Gasteiger charge is 2.15. The largest absolute Gasteiger partial charge is 0.316 e. The van der Waals surface area contributed by atoms with Gasteiger partial charge in [-0.1, -0.05) is 91.9 Å². The SMILES string of the molecule is CCCCCCCCCCCCC(C)(C)CNCC. The molecule has 0 aliphatic carbocycles. The standard InChI is InChI=1S/C18H39N/c1-5-7-8-9-10-11-12-13-14-15-16-18(3,4)17-19-6-2/h19H,5-17H2,1-4H3. The van der Waals surface area contributed by atoms with Crippen LogP contribution in [0.1, 0.15) is 98.3 Å². The van der Waals surface area contributed by atoms with Crippen molar-refractivity contribution in [2.24, 2.45) is 5.41 Å². The highest BCUT2D eigenvalue weighted by atomic mass is 14.9. The maximum absolute atomic E-state index is 3.47. The Morgan fingerprint density at radius 2 is 1.16 bits per heavy atom. The van der Waals surface area contributed by atoms with Gasteiger partial charge in [-0.3, -0.25) is 0 Å². The quantitative estimate of drug-likeness (QED) is 0.385.